The summed E-state index contributed by atoms with van der Waals surface area (Å²) in [6.07, 6.45) is 1.91. The van der Waals surface area contributed by atoms with E-state index in [9.17, 15) is 9.90 Å². The van der Waals surface area contributed by atoms with Crippen LogP contribution in [-0.2, 0) is 4.79 Å². The van der Waals surface area contributed by atoms with E-state index in [0.29, 0.717) is 6.54 Å². The molecule has 0 spiro atoms. The second-order valence-electron chi connectivity index (χ2n) is 5.28. The van der Waals surface area contributed by atoms with Crippen molar-refractivity contribution >= 4 is 32.5 Å². The molecule has 2 rings (SSSR count). The fraction of sp³-hybridized carbons (Fsp3) is 0.278. The van der Waals surface area contributed by atoms with Crippen molar-refractivity contribution in [1.29, 1.82) is 0 Å². The van der Waals surface area contributed by atoms with E-state index < -0.39 is 20.0 Å². The van der Waals surface area contributed by atoms with Gasteiger partial charge in [0.25, 0.3) is 0 Å². The molecule has 3 nitrogen and oxygen atoms in total. The molecule has 0 amide bonds. The number of carbonyl (C=O) groups is 1. The molecule has 23 heavy (non-hydrogen) atoms. The molecule has 5 heteroatoms. The zero-order chi connectivity index (χ0) is 16.7. The number of hydrogen-bond acceptors (Lipinski definition) is 2. The van der Waals surface area contributed by atoms with E-state index in [1.807, 2.05) is 65.3 Å². The van der Waals surface area contributed by atoms with Gasteiger partial charge in [-0.1, -0.05) is 74.0 Å². The Morgan fingerprint density at radius 1 is 1.09 bits per heavy atom. The minimum Gasteiger partial charge on any atom is -0.481 e. The highest BCUT2D eigenvalue weighted by molar-refractivity contribution is 7.70. The first-order valence-electron chi connectivity index (χ1n) is 7.80. The van der Waals surface area contributed by atoms with Crippen LogP contribution in [0.25, 0.3) is 0 Å². The zero-order valence-corrected chi connectivity index (χ0v) is 14.2. The molecule has 0 aromatic heterocycles. The minimum atomic E-state index is -1.01. The highest BCUT2D eigenvalue weighted by Gasteiger charge is 2.29. The van der Waals surface area contributed by atoms with Crippen molar-refractivity contribution in [3.63, 3.8) is 0 Å². The number of rotatable bonds is 8. The Morgan fingerprint density at radius 3 is 1.96 bits per heavy atom. The molecule has 1 unspecified atom stereocenters. The van der Waals surface area contributed by atoms with Gasteiger partial charge in [0, 0.05) is 14.6 Å². The van der Waals surface area contributed by atoms with Gasteiger partial charge in [0.1, 0.15) is 7.85 Å². The van der Waals surface area contributed by atoms with Gasteiger partial charge in [-0.25, -0.2) is 0 Å². The van der Waals surface area contributed by atoms with Crippen LogP contribution in [0.15, 0.2) is 60.7 Å². The number of unbranched alkanes of at least 4 members (excludes halogenated alkanes) is 1. The maximum Gasteiger partial charge on any atom is 0.311 e. The van der Waals surface area contributed by atoms with Crippen molar-refractivity contribution in [2.45, 2.75) is 25.7 Å². The van der Waals surface area contributed by atoms with Crippen molar-refractivity contribution < 1.29 is 9.90 Å². The summed E-state index contributed by atoms with van der Waals surface area (Å²) in [5, 5.41) is 11.7. The molecule has 0 aliphatic heterocycles. The Bertz CT molecular complexity index is 569. The number of hydrogen-bond donors (Lipinski definition) is 1. The summed E-state index contributed by atoms with van der Waals surface area (Å²) in [4.78, 5) is 11.5. The summed E-state index contributed by atoms with van der Waals surface area (Å²) < 4.78 is 1.94. The Kier molecular flexibility index (Phi) is 6.82. The third-order valence-electron chi connectivity index (χ3n) is 3.57. The topological polar surface area (TPSA) is 40.5 Å². The standard InChI is InChI=1S/C18H21BNO2P/c1-2-3-14-20(17(19)18(21)22)23(15-10-6-4-7-11-15)16-12-8-5-9-13-16/h4-13,17H,2-3,14H2,1H3,(H,21,22). The van der Waals surface area contributed by atoms with Crippen molar-refractivity contribution in [3.8, 4) is 0 Å². The number of nitrogens with zero attached hydrogens (tertiary/aromatic N) is 1. The molecule has 2 aromatic rings. The molecule has 1 N–H and O–H groups in total. The summed E-state index contributed by atoms with van der Waals surface area (Å²) in [6, 6.07) is 20.1. The molecule has 0 aliphatic carbocycles. The Morgan fingerprint density at radius 2 is 1.57 bits per heavy atom. The molecule has 0 saturated carbocycles. The average Bonchev–Trinajstić information content (AvgIpc) is 2.59. The van der Waals surface area contributed by atoms with Crippen molar-refractivity contribution in [3.05, 3.63) is 60.7 Å². The third-order valence-corrected chi connectivity index (χ3v) is 6.11. The second-order valence-corrected chi connectivity index (χ2v) is 7.45. The molecular formula is C18H21BNO2P. The summed E-state index contributed by atoms with van der Waals surface area (Å²) in [6.45, 7) is 2.76. The predicted octanol–water partition coefficient (Wildman–Crippen LogP) is 2.72. The van der Waals surface area contributed by atoms with Gasteiger partial charge in [-0.3, -0.25) is 9.46 Å². The number of carboxylic acids is 1. The quantitative estimate of drug-likeness (QED) is 0.599. The molecule has 0 saturated heterocycles. The number of aliphatic carboxylic acids is 1. The van der Waals surface area contributed by atoms with Crippen LogP contribution in [0.5, 0.6) is 0 Å². The largest absolute Gasteiger partial charge is 0.481 e. The molecule has 0 fully saturated rings. The van der Waals surface area contributed by atoms with Gasteiger partial charge >= 0.3 is 5.97 Å². The zero-order valence-electron chi connectivity index (χ0n) is 13.3. The fourth-order valence-corrected chi connectivity index (χ4v) is 4.88. The lowest BCUT2D eigenvalue weighted by Gasteiger charge is -2.35. The van der Waals surface area contributed by atoms with Gasteiger partial charge < -0.3 is 5.11 Å². The molecule has 0 bridgehead atoms. The lowest BCUT2D eigenvalue weighted by Crippen LogP contribution is -2.42. The normalized spacial score (nSPS) is 12.5. The first kappa shape index (κ1) is 17.7. The molecule has 1 atom stereocenters. The maximum atomic E-state index is 11.5. The van der Waals surface area contributed by atoms with Crippen LogP contribution in [-0.4, -0.2) is 36.1 Å². The van der Waals surface area contributed by atoms with Crippen molar-refractivity contribution in [2.24, 2.45) is 0 Å². The second kappa shape index (κ2) is 8.86. The van der Waals surface area contributed by atoms with E-state index in [0.717, 1.165) is 23.5 Å². The van der Waals surface area contributed by atoms with Crippen LogP contribution in [0, 0.1) is 0 Å². The lowest BCUT2D eigenvalue weighted by molar-refractivity contribution is -0.138. The highest BCUT2D eigenvalue weighted by atomic mass is 31.1. The van der Waals surface area contributed by atoms with Gasteiger partial charge in [0.2, 0.25) is 0 Å². The van der Waals surface area contributed by atoms with Gasteiger partial charge in [0.15, 0.2) is 0 Å². The molecular weight excluding hydrogens is 304 g/mol. The monoisotopic (exact) mass is 325 g/mol. The van der Waals surface area contributed by atoms with Crippen LogP contribution in [0.4, 0.5) is 0 Å². The molecule has 2 radical (unpaired) electrons. The summed E-state index contributed by atoms with van der Waals surface area (Å²) in [5.74, 6) is -1.99. The van der Waals surface area contributed by atoms with Crippen LogP contribution < -0.4 is 10.6 Å². The molecule has 0 heterocycles. The van der Waals surface area contributed by atoms with Gasteiger partial charge in [0.05, 0.1) is 5.94 Å². The SMILES string of the molecule is [B]C(C(=O)O)N(CCCC)P(c1ccccc1)c1ccccc1. The highest BCUT2D eigenvalue weighted by Crippen LogP contribution is 2.39. The van der Waals surface area contributed by atoms with E-state index in [1.54, 1.807) is 0 Å². The van der Waals surface area contributed by atoms with E-state index in [-0.39, 0.29) is 0 Å². The van der Waals surface area contributed by atoms with Crippen LogP contribution in [0.2, 0.25) is 0 Å². The van der Waals surface area contributed by atoms with Gasteiger partial charge in [-0.05, 0) is 17.0 Å². The third kappa shape index (κ3) is 4.67. The maximum absolute atomic E-state index is 11.5. The van der Waals surface area contributed by atoms with E-state index in [4.69, 9.17) is 7.85 Å². The average molecular weight is 325 g/mol. The first-order valence-corrected chi connectivity index (χ1v) is 9.09. The van der Waals surface area contributed by atoms with E-state index >= 15 is 0 Å². The Balaban J connectivity index is 2.46. The molecule has 118 valence electrons. The lowest BCUT2D eigenvalue weighted by atomic mass is 9.97. The first-order chi connectivity index (χ1) is 11.1. The van der Waals surface area contributed by atoms with Crippen LogP contribution in [0.1, 0.15) is 19.8 Å². The fourth-order valence-electron chi connectivity index (χ4n) is 2.40. The van der Waals surface area contributed by atoms with Crippen LogP contribution in [0.3, 0.4) is 0 Å². The number of carboxylic acid groups (broad SMARTS) is 1. The number of benzene rings is 2. The molecule has 0 aliphatic rings. The smallest absolute Gasteiger partial charge is 0.311 e. The summed E-state index contributed by atoms with van der Waals surface area (Å²) in [5.41, 5.74) is 0. The van der Waals surface area contributed by atoms with Crippen molar-refractivity contribution in [1.82, 2.24) is 4.67 Å². The van der Waals surface area contributed by atoms with Crippen LogP contribution >= 0.6 is 8.07 Å². The predicted molar refractivity (Wildman–Crippen MR) is 97.9 cm³/mol. The minimum absolute atomic E-state index is 0.666. The molecule has 2 aromatic carbocycles. The Hall–Kier alpha value is -1.64. The van der Waals surface area contributed by atoms with E-state index in [2.05, 4.69) is 6.92 Å². The van der Waals surface area contributed by atoms with E-state index in [1.165, 1.54) is 0 Å². The van der Waals surface area contributed by atoms with Crippen molar-refractivity contribution in [2.75, 3.05) is 6.54 Å². The van der Waals surface area contributed by atoms with Gasteiger partial charge in [-0.15, -0.1) is 0 Å². The summed E-state index contributed by atoms with van der Waals surface area (Å²) >= 11 is 0. The Labute approximate surface area is 140 Å². The summed E-state index contributed by atoms with van der Waals surface area (Å²) in [7, 11) is 5.05. The van der Waals surface area contributed by atoms with Gasteiger partial charge in [-0.2, -0.15) is 0 Å².